The van der Waals surface area contributed by atoms with Gasteiger partial charge in [-0.1, -0.05) is 18.2 Å². The SMILES string of the molecule is C=CCC[C@H](O)C[NH+](CC[NH+]1CCOCC1)Cc1cccn1Cc1cccc(OC)c1. The largest absolute Gasteiger partial charge is 0.497 e. The van der Waals surface area contributed by atoms with Crippen LogP contribution in [-0.2, 0) is 17.8 Å². The number of allylic oxidation sites excluding steroid dienone is 1. The smallest absolute Gasteiger partial charge is 0.127 e. The lowest BCUT2D eigenvalue weighted by molar-refractivity contribution is -0.969. The van der Waals surface area contributed by atoms with Gasteiger partial charge in [-0.15, -0.1) is 6.58 Å². The van der Waals surface area contributed by atoms with E-state index in [1.807, 2.05) is 18.2 Å². The molecule has 170 valence electrons. The number of methoxy groups -OCH3 is 1. The van der Waals surface area contributed by atoms with E-state index in [2.05, 4.69) is 41.6 Å². The first-order valence-corrected chi connectivity index (χ1v) is 11.5. The molecule has 1 fully saturated rings. The predicted octanol–water partition coefficient (Wildman–Crippen LogP) is 0.172. The van der Waals surface area contributed by atoms with Crippen LogP contribution in [-0.4, -0.2) is 68.8 Å². The van der Waals surface area contributed by atoms with Crippen LogP contribution in [0.1, 0.15) is 24.1 Å². The molecule has 31 heavy (non-hydrogen) atoms. The second kappa shape index (κ2) is 12.7. The summed E-state index contributed by atoms with van der Waals surface area (Å²) in [6, 6.07) is 12.6. The van der Waals surface area contributed by atoms with Crippen LogP contribution in [0.15, 0.2) is 55.3 Å². The Bertz CT molecular complexity index is 786. The third kappa shape index (κ3) is 7.82. The summed E-state index contributed by atoms with van der Waals surface area (Å²) in [6.45, 7) is 12.3. The number of hydrogen-bond acceptors (Lipinski definition) is 3. The van der Waals surface area contributed by atoms with Gasteiger partial charge in [0.1, 0.15) is 51.1 Å². The third-order valence-corrected chi connectivity index (χ3v) is 6.10. The van der Waals surface area contributed by atoms with Gasteiger partial charge in [-0.05, 0) is 42.7 Å². The predicted molar refractivity (Wildman–Crippen MR) is 123 cm³/mol. The molecule has 1 aliphatic heterocycles. The highest BCUT2D eigenvalue weighted by Crippen LogP contribution is 2.14. The van der Waals surface area contributed by atoms with Crippen molar-refractivity contribution >= 4 is 0 Å². The number of nitrogens with zero attached hydrogens (tertiary/aromatic N) is 1. The van der Waals surface area contributed by atoms with Crippen LogP contribution in [0.4, 0.5) is 0 Å². The normalized spacial score (nSPS) is 16.7. The minimum Gasteiger partial charge on any atom is -0.497 e. The van der Waals surface area contributed by atoms with Gasteiger partial charge in [-0.3, -0.25) is 0 Å². The molecule has 1 aromatic carbocycles. The van der Waals surface area contributed by atoms with Gasteiger partial charge in [-0.2, -0.15) is 0 Å². The molecule has 0 bridgehead atoms. The summed E-state index contributed by atoms with van der Waals surface area (Å²) in [6.07, 6.45) is 5.38. The van der Waals surface area contributed by atoms with Crippen molar-refractivity contribution in [2.45, 2.75) is 32.0 Å². The first-order valence-electron chi connectivity index (χ1n) is 11.5. The van der Waals surface area contributed by atoms with Crippen LogP contribution < -0.4 is 14.5 Å². The van der Waals surface area contributed by atoms with Gasteiger partial charge in [0.15, 0.2) is 0 Å². The quantitative estimate of drug-likeness (QED) is 0.398. The summed E-state index contributed by atoms with van der Waals surface area (Å²) in [5.74, 6) is 0.886. The first kappa shape index (κ1) is 23.5. The topological polar surface area (TPSA) is 52.5 Å². The second-order valence-electron chi connectivity index (χ2n) is 8.49. The van der Waals surface area contributed by atoms with Gasteiger partial charge in [0.25, 0.3) is 0 Å². The maximum atomic E-state index is 10.6. The lowest BCUT2D eigenvalue weighted by Gasteiger charge is -2.27. The second-order valence-corrected chi connectivity index (χ2v) is 8.49. The average Bonchev–Trinajstić information content (AvgIpc) is 3.23. The van der Waals surface area contributed by atoms with Gasteiger partial charge in [-0.25, -0.2) is 0 Å². The summed E-state index contributed by atoms with van der Waals surface area (Å²) < 4.78 is 13.2. The lowest BCUT2D eigenvalue weighted by Crippen LogP contribution is -3.21. The van der Waals surface area contributed by atoms with E-state index < -0.39 is 0 Å². The van der Waals surface area contributed by atoms with Crippen molar-refractivity contribution < 1.29 is 24.4 Å². The molecular formula is C25H39N3O3+2. The van der Waals surface area contributed by atoms with E-state index in [4.69, 9.17) is 9.47 Å². The van der Waals surface area contributed by atoms with Crippen LogP contribution in [0.3, 0.4) is 0 Å². The number of aliphatic hydroxyl groups excluding tert-OH is 1. The maximum Gasteiger partial charge on any atom is 0.127 e. The summed E-state index contributed by atoms with van der Waals surface area (Å²) in [7, 11) is 1.70. The third-order valence-electron chi connectivity index (χ3n) is 6.10. The Morgan fingerprint density at radius 3 is 2.90 bits per heavy atom. The van der Waals surface area contributed by atoms with Gasteiger partial charge in [0, 0.05) is 12.7 Å². The maximum absolute atomic E-state index is 10.6. The Morgan fingerprint density at radius 1 is 1.29 bits per heavy atom. The van der Waals surface area contributed by atoms with E-state index in [1.54, 1.807) is 12.0 Å². The summed E-state index contributed by atoms with van der Waals surface area (Å²) in [5, 5.41) is 10.6. The fourth-order valence-electron chi connectivity index (χ4n) is 4.26. The number of aromatic nitrogens is 1. The summed E-state index contributed by atoms with van der Waals surface area (Å²) >= 11 is 0. The zero-order chi connectivity index (χ0) is 21.9. The van der Waals surface area contributed by atoms with Crippen molar-refractivity contribution in [1.29, 1.82) is 0 Å². The lowest BCUT2D eigenvalue weighted by atomic mass is 10.1. The van der Waals surface area contributed by atoms with Crippen LogP contribution in [0.25, 0.3) is 0 Å². The highest BCUT2D eigenvalue weighted by molar-refractivity contribution is 5.29. The van der Waals surface area contributed by atoms with Crippen LogP contribution in [0.5, 0.6) is 5.75 Å². The average molecular weight is 430 g/mol. The van der Waals surface area contributed by atoms with Gasteiger partial charge < -0.3 is 28.9 Å². The van der Waals surface area contributed by atoms with E-state index in [-0.39, 0.29) is 6.10 Å². The number of morpholine rings is 1. The Labute approximate surface area is 186 Å². The van der Waals surface area contributed by atoms with E-state index in [0.29, 0.717) is 0 Å². The fraction of sp³-hybridized carbons (Fsp3) is 0.520. The molecule has 2 atom stereocenters. The van der Waals surface area contributed by atoms with Crippen LogP contribution in [0, 0.1) is 0 Å². The van der Waals surface area contributed by atoms with Gasteiger partial charge >= 0.3 is 0 Å². The number of ether oxygens (including phenoxy) is 2. The molecule has 0 aliphatic carbocycles. The Morgan fingerprint density at radius 2 is 2.13 bits per heavy atom. The molecule has 1 aliphatic rings. The first-order chi connectivity index (χ1) is 15.2. The van der Waals surface area contributed by atoms with Crippen molar-refractivity contribution in [1.82, 2.24) is 4.57 Å². The van der Waals surface area contributed by atoms with E-state index in [9.17, 15) is 5.11 Å². The zero-order valence-electron chi connectivity index (χ0n) is 18.9. The molecule has 2 aromatic rings. The summed E-state index contributed by atoms with van der Waals surface area (Å²) in [5.41, 5.74) is 2.52. The molecule has 0 radical (unpaired) electrons. The molecule has 0 saturated carbocycles. The van der Waals surface area contributed by atoms with Gasteiger partial charge in [0.05, 0.1) is 26.0 Å². The Balaban J connectivity index is 1.64. The van der Waals surface area contributed by atoms with Crippen molar-refractivity contribution in [2.24, 2.45) is 0 Å². The van der Waals surface area contributed by atoms with Crippen molar-refractivity contribution in [3.8, 4) is 5.75 Å². The highest BCUT2D eigenvalue weighted by atomic mass is 16.5. The number of nitrogens with one attached hydrogen (secondary N) is 2. The zero-order valence-corrected chi connectivity index (χ0v) is 18.9. The summed E-state index contributed by atoms with van der Waals surface area (Å²) in [4.78, 5) is 3.04. The molecule has 1 aromatic heterocycles. The van der Waals surface area contributed by atoms with E-state index in [0.717, 1.165) is 77.6 Å². The minimum atomic E-state index is -0.297. The number of quaternary nitrogens is 2. The molecule has 3 N–H and O–H groups in total. The molecular weight excluding hydrogens is 390 g/mol. The van der Waals surface area contributed by atoms with Gasteiger partial charge in [0.2, 0.25) is 0 Å². The van der Waals surface area contributed by atoms with Crippen LogP contribution >= 0.6 is 0 Å². The standard InChI is InChI=1S/C25H37N3O3/c1-3-4-9-24(29)21-27(13-12-26-14-16-31-17-15-26)20-23-8-6-11-28(23)19-22-7-5-10-25(18-22)30-2/h3,5-8,10-11,18,24,29H,1,4,9,12-17,19-21H2,2H3/p+2/t24-/m0/s1. The molecule has 3 rings (SSSR count). The number of hydrogen-bond donors (Lipinski definition) is 3. The molecule has 2 heterocycles. The van der Waals surface area contributed by atoms with E-state index >= 15 is 0 Å². The molecule has 6 nitrogen and oxygen atoms in total. The highest BCUT2D eigenvalue weighted by Gasteiger charge is 2.21. The number of rotatable bonds is 13. The molecule has 1 unspecified atom stereocenters. The molecule has 0 amide bonds. The number of aliphatic hydroxyl groups is 1. The van der Waals surface area contributed by atoms with Crippen molar-refractivity contribution in [3.05, 3.63) is 66.5 Å². The fourth-order valence-corrected chi connectivity index (χ4v) is 4.26. The number of benzene rings is 1. The molecule has 6 heteroatoms. The van der Waals surface area contributed by atoms with Crippen molar-refractivity contribution in [2.75, 3.05) is 53.0 Å². The van der Waals surface area contributed by atoms with Crippen LogP contribution in [0.2, 0.25) is 0 Å². The Hall–Kier alpha value is -2.12. The Kier molecular flexibility index (Phi) is 9.62. The molecule has 1 saturated heterocycles. The molecule has 0 spiro atoms. The minimum absolute atomic E-state index is 0.297. The monoisotopic (exact) mass is 429 g/mol. The van der Waals surface area contributed by atoms with Crippen molar-refractivity contribution in [3.63, 3.8) is 0 Å². The van der Waals surface area contributed by atoms with E-state index in [1.165, 1.54) is 16.2 Å².